The summed E-state index contributed by atoms with van der Waals surface area (Å²) in [5.74, 6) is 2.35. The normalized spacial score (nSPS) is 30.3. The number of likely N-dealkylation sites (N-methyl/N-ethyl adjacent to an activating group) is 11. The van der Waals surface area contributed by atoms with Crippen molar-refractivity contribution < 1.29 is 31.4 Å². The standard InChI is InChI=1S/3C13H29N2.2C8H19N2.2C7H17N2/c1-7-15(8-2)10-13(5,6)14(11-15)9-12(3)4;1-7-15(8-2)11-14(9-12(3)4)10-13(15,5)6;1-7-15(8-2)10-14(9-11(3)4)12(5)13(15)6;1-5-8-6-10(3,4)7-9(8)2;1-5-8-6-9(2)7-10(8,3)4;1-7-5-9(3,4)6-8(7)2;1-7-5-8(2)6-9(7,3)4/h2*12H,7-11H2,1-6H3;11-13H,7-10H2,1-6H3;2*8H,5-7H2,1-4H3;2*7H,5-6H2,1-4H3/q7*+1. The molecule has 6 atom stereocenters. The molecule has 0 radical (unpaired) electrons. The molecule has 7 aliphatic heterocycles. The van der Waals surface area contributed by atoms with E-state index >= 15 is 0 Å². The van der Waals surface area contributed by atoms with Gasteiger partial charge >= 0.3 is 0 Å². The number of quaternary nitrogens is 7. The van der Waals surface area contributed by atoms with Crippen molar-refractivity contribution in [2.24, 2.45) is 17.8 Å². The highest BCUT2D eigenvalue weighted by molar-refractivity contribution is 4.86. The molecule has 0 spiro atoms. The highest BCUT2D eigenvalue weighted by atomic mass is 15.6. The lowest BCUT2D eigenvalue weighted by Gasteiger charge is -2.43. The molecule has 0 aromatic rings. The van der Waals surface area contributed by atoms with Crippen molar-refractivity contribution in [3.05, 3.63) is 0 Å². The van der Waals surface area contributed by atoms with Crippen LogP contribution in [0.25, 0.3) is 0 Å². The first kappa shape index (κ1) is 80.5. The van der Waals surface area contributed by atoms with Gasteiger partial charge in [-0.25, -0.2) is 9.80 Å². The number of hydrogen-bond acceptors (Lipinski definition) is 7. The third-order valence-corrected chi connectivity index (χ3v) is 22.1. The summed E-state index contributed by atoms with van der Waals surface area (Å²) in [5, 5.41) is 0. The largest absolute Gasteiger partial charge is 0.315 e. The molecular formula is C69H159N14+7. The maximum Gasteiger partial charge on any atom is 0.135 e. The van der Waals surface area contributed by atoms with Gasteiger partial charge in [0.2, 0.25) is 0 Å². The zero-order valence-corrected chi connectivity index (χ0v) is 63.4. The summed E-state index contributed by atoms with van der Waals surface area (Å²) in [5.41, 5.74) is 0.814. The van der Waals surface area contributed by atoms with E-state index in [1.165, 1.54) is 176 Å². The lowest BCUT2D eigenvalue weighted by molar-refractivity contribution is -0.959. The SMILES string of the molecule is CC1CN(C)C[N+]1(C)C.CC1C[N+](C)(C)CN1C.CCC1CN(C)C[N+]1(C)C.CCC1C[N+](C)(C)CN1C.CC[N+]1(CC)CN(CC(C)C)C(C)(C)C1.CC[N+]1(CC)CN(CC(C)C)C(C)C1C.CC[N+]1(CC)CN(CC(C)C)CC1(C)C. The summed E-state index contributed by atoms with van der Waals surface area (Å²) in [7, 11) is 27.2. The van der Waals surface area contributed by atoms with Crippen molar-refractivity contribution in [3.8, 4) is 0 Å². The van der Waals surface area contributed by atoms with Crippen LogP contribution in [0.1, 0.15) is 165 Å². The topological polar surface area (TPSA) is 22.7 Å². The molecule has 83 heavy (non-hydrogen) atoms. The van der Waals surface area contributed by atoms with Crippen LogP contribution in [0.15, 0.2) is 0 Å². The number of rotatable bonds is 14. The van der Waals surface area contributed by atoms with Crippen LogP contribution in [0.3, 0.4) is 0 Å². The monoisotopic (exact) mass is 1180 g/mol. The zero-order valence-electron chi connectivity index (χ0n) is 63.4. The second-order valence-corrected chi connectivity index (χ2v) is 33.8. The second kappa shape index (κ2) is 33.5. The summed E-state index contributed by atoms with van der Waals surface area (Å²) in [4.78, 5) is 17.7. The van der Waals surface area contributed by atoms with Gasteiger partial charge in [0, 0.05) is 19.6 Å². The van der Waals surface area contributed by atoms with Crippen molar-refractivity contribution in [2.45, 2.75) is 212 Å². The van der Waals surface area contributed by atoms with Crippen LogP contribution < -0.4 is 0 Å². The Hall–Kier alpha value is -0.560. The quantitative estimate of drug-likeness (QED) is 0.160. The summed E-state index contributed by atoms with van der Waals surface area (Å²) in [6, 6.07) is 4.76. The lowest BCUT2D eigenvalue weighted by atomic mass is 10.0. The Bertz CT molecular complexity index is 1750. The zero-order chi connectivity index (χ0) is 64.7. The van der Waals surface area contributed by atoms with Gasteiger partial charge in [-0.3, -0.25) is 24.5 Å². The smallest absolute Gasteiger partial charge is 0.135 e. The Morgan fingerprint density at radius 2 is 0.976 bits per heavy atom. The molecule has 7 fully saturated rings. The fourth-order valence-electron chi connectivity index (χ4n) is 16.3. The van der Waals surface area contributed by atoms with Gasteiger partial charge in [-0.1, -0.05) is 55.4 Å². The highest BCUT2D eigenvalue weighted by Crippen LogP contribution is 2.34. The van der Waals surface area contributed by atoms with E-state index in [9.17, 15) is 0 Å². The molecule has 0 amide bonds. The van der Waals surface area contributed by atoms with Crippen molar-refractivity contribution in [2.75, 3.05) is 229 Å². The van der Waals surface area contributed by atoms with E-state index in [1.807, 2.05) is 0 Å². The summed E-state index contributed by atoms with van der Waals surface area (Å²) in [6.07, 6.45) is 2.59. The predicted molar refractivity (Wildman–Crippen MR) is 366 cm³/mol. The van der Waals surface area contributed by atoms with Gasteiger partial charge in [-0.15, -0.1) is 0 Å². The minimum absolute atomic E-state index is 0.385. The summed E-state index contributed by atoms with van der Waals surface area (Å²) < 4.78 is 8.46. The van der Waals surface area contributed by atoms with E-state index < -0.39 is 0 Å². The number of nitrogens with zero attached hydrogens (tertiary/aromatic N) is 14. The Morgan fingerprint density at radius 1 is 0.494 bits per heavy atom. The van der Waals surface area contributed by atoms with Gasteiger partial charge in [0.25, 0.3) is 0 Å². The Morgan fingerprint density at radius 3 is 1.23 bits per heavy atom. The van der Waals surface area contributed by atoms with E-state index in [0.29, 0.717) is 11.1 Å². The van der Waals surface area contributed by atoms with Gasteiger partial charge < -0.3 is 31.4 Å². The van der Waals surface area contributed by atoms with Gasteiger partial charge in [-0.2, -0.15) is 0 Å². The molecule has 498 valence electrons. The predicted octanol–water partition coefficient (Wildman–Crippen LogP) is 9.85. The van der Waals surface area contributed by atoms with E-state index in [-0.39, 0.29) is 0 Å². The van der Waals surface area contributed by atoms with Crippen molar-refractivity contribution in [1.29, 1.82) is 0 Å². The van der Waals surface area contributed by atoms with Gasteiger partial charge in [0.1, 0.15) is 64.3 Å². The maximum atomic E-state index is 2.69. The van der Waals surface area contributed by atoms with E-state index in [0.717, 1.165) is 67.5 Å². The molecule has 0 N–H and O–H groups in total. The molecule has 6 unspecified atom stereocenters. The maximum absolute atomic E-state index is 2.69. The first-order valence-corrected chi connectivity index (χ1v) is 34.7. The average molecular weight is 1190 g/mol. The molecule has 0 aromatic heterocycles. The molecule has 7 saturated heterocycles. The molecule has 0 aliphatic carbocycles. The van der Waals surface area contributed by atoms with Crippen LogP contribution in [-0.2, 0) is 0 Å². The van der Waals surface area contributed by atoms with Crippen molar-refractivity contribution >= 4 is 0 Å². The fourth-order valence-corrected chi connectivity index (χ4v) is 16.3. The Labute approximate surface area is 523 Å². The van der Waals surface area contributed by atoms with Gasteiger partial charge in [0.05, 0.1) is 165 Å². The summed E-state index contributed by atoms with van der Waals surface area (Å²) >= 11 is 0. The molecule has 7 heterocycles. The van der Waals surface area contributed by atoms with Crippen LogP contribution >= 0.6 is 0 Å². The van der Waals surface area contributed by atoms with Crippen molar-refractivity contribution in [1.82, 2.24) is 34.3 Å². The third-order valence-electron chi connectivity index (χ3n) is 22.1. The molecule has 0 saturated carbocycles. The first-order chi connectivity index (χ1) is 37.8. The van der Waals surface area contributed by atoms with E-state index in [1.54, 1.807) is 0 Å². The van der Waals surface area contributed by atoms with Crippen LogP contribution in [0.2, 0.25) is 0 Å². The molecule has 7 aliphatic rings. The minimum atomic E-state index is 0.385. The molecule has 14 nitrogen and oxygen atoms in total. The second-order valence-electron chi connectivity index (χ2n) is 33.8. The molecule has 7 rings (SSSR count). The van der Waals surface area contributed by atoms with Crippen LogP contribution in [0, 0.1) is 17.8 Å². The molecule has 0 aromatic carbocycles. The van der Waals surface area contributed by atoms with Crippen LogP contribution in [0.5, 0.6) is 0 Å². The minimum Gasteiger partial charge on any atom is -0.315 e. The molecule has 14 heteroatoms. The third kappa shape index (κ3) is 24.0. The van der Waals surface area contributed by atoms with Gasteiger partial charge in [0.15, 0.2) is 0 Å². The average Bonchev–Trinajstić information content (AvgIpc) is 3.91. The fraction of sp³-hybridized carbons (Fsp3) is 1.00. The van der Waals surface area contributed by atoms with Crippen LogP contribution in [0.4, 0.5) is 0 Å². The summed E-state index contributed by atoms with van der Waals surface area (Å²) in [6.45, 7) is 79.2. The van der Waals surface area contributed by atoms with E-state index in [2.05, 4.69) is 271 Å². The van der Waals surface area contributed by atoms with Crippen molar-refractivity contribution in [3.63, 3.8) is 0 Å². The Balaban J connectivity index is 0.000000489. The molecule has 0 bridgehead atoms. The molecular weight excluding hydrogens is 1020 g/mol. The highest BCUT2D eigenvalue weighted by Gasteiger charge is 2.50. The van der Waals surface area contributed by atoms with Crippen LogP contribution in [-0.4, -0.2) is 342 Å². The first-order valence-electron chi connectivity index (χ1n) is 34.7. The number of hydrogen-bond donors (Lipinski definition) is 0. The Kier molecular flexibility index (Phi) is 32.5. The van der Waals surface area contributed by atoms with E-state index in [4.69, 9.17) is 0 Å². The lowest BCUT2D eigenvalue weighted by Crippen LogP contribution is -2.58. The van der Waals surface area contributed by atoms with Gasteiger partial charge in [-0.05, 0) is 156 Å².